The zero-order chi connectivity index (χ0) is 9.80. The van der Waals surface area contributed by atoms with Gasteiger partial charge in [-0.05, 0) is 12.1 Å². The third-order valence-corrected chi connectivity index (χ3v) is 2.23. The first-order valence-electron chi connectivity index (χ1n) is 4.88. The molecule has 0 N–H and O–H groups in total. The van der Waals surface area contributed by atoms with E-state index in [1.165, 1.54) is 5.69 Å². The highest BCUT2D eigenvalue weighted by Gasteiger charge is 2.15. The van der Waals surface area contributed by atoms with Crippen LogP contribution in [-0.4, -0.2) is 0 Å². The summed E-state index contributed by atoms with van der Waals surface area (Å²) in [6.07, 6.45) is 7.18. The second-order valence-corrected chi connectivity index (χ2v) is 3.15. The molecular weight excluding hydrogens is 426 g/mol. The van der Waals surface area contributed by atoms with Crippen LogP contribution < -0.4 is 57.3 Å². The summed E-state index contributed by atoms with van der Waals surface area (Å²) in [6, 6.07) is 12.3. The van der Waals surface area contributed by atoms with E-state index in [-0.39, 0.29) is 48.0 Å². The zero-order valence-electron chi connectivity index (χ0n) is 9.05. The highest BCUT2D eigenvalue weighted by Crippen LogP contribution is 1.89. The lowest BCUT2D eigenvalue weighted by molar-refractivity contribution is -1.30. The van der Waals surface area contributed by atoms with Crippen molar-refractivity contribution < 1.29 is 57.3 Å². The monoisotopic (exact) mass is 440 g/mol. The molecule has 0 aliphatic rings. The van der Waals surface area contributed by atoms with Crippen molar-refractivity contribution in [3.05, 3.63) is 60.7 Å². The molecule has 2 aromatic rings. The summed E-state index contributed by atoms with van der Waals surface area (Å²) in [5.41, 5.74) is 1.30. The molecular formula is C12H14I2N2. The summed E-state index contributed by atoms with van der Waals surface area (Å²) in [7, 11) is 0. The van der Waals surface area contributed by atoms with Gasteiger partial charge in [-0.2, -0.15) is 0 Å². The number of hydrogen-bond acceptors (Lipinski definition) is 0. The summed E-state index contributed by atoms with van der Waals surface area (Å²) in [5.74, 6) is 0. The van der Waals surface area contributed by atoms with Crippen molar-refractivity contribution in [3.8, 4) is 0 Å². The second-order valence-electron chi connectivity index (χ2n) is 3.15. The summed E-state index contributed by atoms with van der Waals surface area (Å²) < 4.78 is 4.21. The minimum Gasteiger partial charge on any atom is -1.00 e. The number of aryl methyl sites for hydroxylation is 1. The van der Waals surface area contributed by atoms with Crippen molar-refractivity contribution in [1.82, 2.24) is 0 Å². The van der Waals surface area contributed by atoms with Crippen molar-refractivity contribution in [2.75, 3.05) is 0 Å². The number of nitrogens with zero attached hydrogens (tertiary/aromatic N) is 2. The highest BCUT2D eigenvalue weighted by atomic mass is 127. The molecule has 0 fully saturated rings. The molecule has 0 spiro atoms. The van der Waals surface area contributed by atoms with E-state index in [0.717, 1.165) is 6.42 Å². The third-order valence-electron chi connectivity index (χ3n) is 2.23. The van der Waals surface area contributed by atoms with Gasteiger partial charge in [0.2, 0.25) is 18.6 Å². The minimum atomic E-state index is 0. The molecule has 16 heavy (non-hydrogen) atoms. The molecule has 0 saturated carbocycles. The molecule has 0 saturated heterocycles. The van der Waals surface area contributed by atoms with Gasteiger partial charge in [-0.3, -0.25) is 0 Å². The van der Waals surface area contributed by atoms with Crippen molar-refractivity contribution >= 4 is 0 Å². The zero-order valence-corrected chi connectivity index (χ0v) is 13.4. The van der Waals surface area contributed by atoms with Crippen molar-refractivity contribution in [1.29, 1.82) is 0 Å². The van der Waals surface area contributed by atoms with E-state index in [1.54, 1.807) is 0 Å². The lowest BCUT2D eigenvalue weighted by Gasteiger charge is -1.92. The first-order chi connectivity index (χ1) is 6.92. The SMILES string of the molecule is CCc1cccc[n+]1-[n+]1ccccc1.[I-].[I-]. The Morgan fingerprint density at radius 3 is 2.12 bits per heavy atom. The van der Waals surface area contributed by atoms with Crippen LogP contribution in [0.3, 0.4) is 0 Å². The van der Waals surface area contributed by atoms with Gasteiger partial charge >= 0.3 is 0 Å². The second kappa shape index (κ2) is 7.94. The molecule has 2 aromatic heterocycles. The molecule has 0 radical (unpaired) electrons. The average molecular weight is 440 g/mol. The maximum atomic E-state index is 2.16. The van der Waals surface area contributed by atoms with Gasteiger partial charge in [-0.25, -0.2) is 0 Å². The maximum Gasteiger partial charge on any atom is 0.253 e. The third kappa shape index (κ3) is 3.65. The molecule has 0 amide bonds. The van der Waals surface area contributed by atoms with Gasteiger partial charge in [0.1, 0.15) is 0 Å². The molecule has 0 aliphatic heterocycles. The van der Waals surface area contributed by atoms with Crippen LogP contribution in [0.25, 0.3) is 0 Å². The lowest BCUT2D eigenvalue weighted by atomic mass is 10.3. The van der Waals surface area contributed by atoms with E-state index >= 15 is 0 Å². The molecule has 86 valence electrons. The Kier molecular flexibility index (Phi) is 7.82. The maximum absolute atomic E-state index is 2.16. The highest BCUT2D eigenvalue weighted by molar-refractivity contribution is 4.96. The molecule has 2 heterocycles. The smallest absolute Gasteiger partial charge is 0.253 e. The average Bonchev–Trinajstić information content (AvgIpc) is 2.30. The van der Waals surface area contributed by atoms with Gasteiger partial charge in [0.25, 0.3) is 5.69 Å². The standard InChI is InChI=1S/C12H14N2.2HI/c1-2-12-8-4-7-11-14(12)13-9-5-3-6-10-13;;/h3-11H,2H2,1H3;2*1H/q+2;;/p-2. The summed E-state index contributed by atoms with van der Waals surface area (Å²) >= 11 is 0. The molecule has 0 aromatic carbocycles. The van der Waals surface area contributed by atoms with E-state index in [4.69, 9.17) is 0 Å². The fourth-order valence-electron chi connectivity index (χ4n) is 1.51. The van der Waals surface area contributed by atoms with E-state index in [9.17, 15) is 0 Å². The summed E-state index contributed by atoms with van der Waals surface area (Å²) in [6.45, 7) is 2.16. The Hall–Kier alpha value is -0.240. The van der Waals surface area contributed by atoms with Crippen LogP contribution in [0.5, 0.6) is 0 Å². The largest absolute Gasteiger partial charge is 1.00 e. The number of aromatic nitrogens is 2. The van der Waals surface area contributed by atoms with Crippen LogP contribution in [0, 0.1) is 0 Å². The fraction of sp³-hybridized carbons (Fsp3) is 0.167. The molecule has 2 nitrogen and oxygen atoms in total. The first-order valence-corrected chi connectivity index (χ1v) is 4.88. The van der Waals surface area contributed by atoms with Gasteiger partial charge in [-0.15, -0.1) is 0 Å². The van der Waals surface area contributed by atoms with Crippen LogP contribution in [0.15, 0.2) is 55.0 Å². The predicted octanol–water partition coefficient (Wildman–Crippen LogP) is -4.86. The molecule has 0 unspecified atom stereocenters. The number of halogens is 2. The Morgan fingerprint density at radius 1 is 0.875 bits per heavy atom. The first kappa shape index (κ1) is 15.8. The van der Waals surface area contributed by atoms with Gasteiger partial charge in [0.05, 0.1) is 9.35 Å². The number of pyridine rings is 2. The quantitative estimate of drug-likeness (QED) is 0.327. The Bertz CT molecular complexity index is 418. The van der Waals surface area contributed by atoms with E-state index < -0.39 is 0 Å². The molecule has 0 aliphatic carbocycles. The van der Waals surface area contributed by atoms with Gasteiger partial charge in [-0.1, -0.05) is 6.92 Å². The number of hydrogen-bond donors (Lipinski definition) is 0. The van der Waals surface area contributed by atoms with Crippen LogP contribution in [0.4, 0.5) is 0 Å². The van der Waals surface area contributed by atoms with Crippen LogP contribution in [0.2, 0.25) is 0 Å². The minimum absolute atomic E-state index is 0. The normalized spacial score (nSPS) is 8.81. The van der Waals surface area contributed by atoms with E-state index in [2.05, 4.69) is 34.6 Å². The Morgan fingerprint density at radius 2 is 1.50 bits per heavy atom. The predicted molar refractivity (Wildman–Crippen MR) is 53.4 cm³/mol. The lowest BCUT2D eigenvalue weighted by Crippen LogP contribution is -3.00. The summed E-state index contributed by atoms with van der Waals surface area (Å²) in [5, 5.41) is 0. The molecule has 0 atom stereocenters. The van der Waals surface area contributed by atoms with E-state index in [1.807, 2.05) is 36.7 Å². The van der Waals surface area contributed by atoms with Crippen molar-refractivity contribution in [3.63, 3.8) is 0 Å². The van der Waals surface area contributed by atoms with Gasteiger partial charge in [0, 0.05) is 30.7 Å². The fourth-order valence-corrected chi connectivity index (χ4v) is 1.51. The van der Waals surface area contributed by atoms with Crippen LogP contribution >= 0.6 is 0 Å². The topological polar surface area (TPSA) is 7.76 Å². The Labute approximate surface area is 130 Å². The van der Waals surface area contributed by atoms with Gasteiger partial charge in [0.15, 0.2) is 0 Å². The van der Waals surface area contributed by atoms with Crippen molar-refractivity contribution in [2.24, 2.45) is 0 Å². The van der Waals surface area contributed by atoms with Gasteiger partial charge < -0.3 is 48.0 Å². The molecule has 0 bridgehead atoms. The van der Waals surface area contributed by atoms with Crippen LogP contribution in [0.1, 0.15) is 12.6 Å². The molecule has 2 rings (SSSR count). The molecule has 4 heteroatoms. The summed E-state index contributed by atoms with van der Waals surface area (Å²) in [4.78, 5) is 0. The van der Waals surface area contributed by atoms with Crippen molar-refractivity contribution in [2.45, 2.75) is 13.3 Å². The number of rotatable bonds is 2. The Balaban J connectivity index is 0.00000112. The van der Waals surface area contributed by atoms with E-state index in [0.29, 0.717) is 0 Å². The van der Waals surface area contributed by atoms with Crippen LogP contribution in [-0.2, 0) is 6.42 Å².